The summed E-state index contributed by atoms with van der Waals surface area (Å²) >= 11 is 0. The number of aliphatic hydroxyl groups is 2. The van der Waals surface area contributed by atoms with Crippen LogP contribution in [0.4, 0.5) is 0 Å². The highest BCUT2D eigenvalue weighted by molar-refractivity contribution is 5.77. The molecule has 1 amide bonds. The molecule has 0 aromatic heterocycles. The van der Waals surface area contributed by atoms with Gasteiger partial charge in [-0.25, -0.2) is 0 Å². The number of rotatable bonds is 50. The fraction of sp³-hybridized carbons (Fsp3) is 0.893. The molecular formula is C56H107NO5. The number of ether oxygens (including phenoxy) is 1. The number of carbonyl (C=O) groups is 2. The highest BCUT2D eigenvalue weighted by Crippen LogP contribution is 2.18. The minimum atomic E-state index is -0.789. The molecule has 3 atom stereocenters. The summed E-state index contributed by atoms with van der Waals surface area (Å²) in [6.07, 6.45) is 58.1. The van der Waals surface area contributed by atoms with E-state index in [1.54, 1.807) is 0 Å². The van der Waals surface area contributed by atoms with Crippen LogP contribution < -0.4 is 5.32 Å². The van der Waals surface area contributed by atoms with Gasteiger partial charge in [0.1, 0.15) is 6.10 Å². The average Bonchev–Trinajstić information content (AvgIpc) is 3.26. The van der Waals surface area contributed by atoms with Gasteiger partial charge in [0.15, 0.2) is 0 Å². The van der Waals surface area contributed by atoms with E-state index >= 15 is 0 Å². The fourth-order valence-corrected chi connectivity index (χ4v) is 8.54. The molecular weight excluding hydrogens is 767 g/mol. The van der Waals surface area contributed by atoms with E-state index in [-0.39, 0.29) is 24.9 Å². The fourth-order valence-electron chi connectivity index (χ4n) is 8.54. The topological polar surface area (TPSA) is 95.9 Å². The Balaban J connectivity index is 4.56. The highest BCUT2D eigenvalue weighted by Gasteiger charge is 2.24. The molecule has 0 aliphatic carbocycles. The predicted molar refractivity (Wildman–Crippen MR) is 269 cm³/mol. The third kappa shape index (κ3) is 44.9. The maximum atomic E-state index is 13.2. The van der Waals surface area contributed by atoms with Crippen molar-refractivity contribution >= 4 is 11.9 Å². The van der Waals surface area contributed by atoms with E-state index in [0.717, 1.165) is 64.2 Å². The number of hydrogen-bond acceptors (Lipinski definition) is 5. The van der Waals surface area contributed by atoms with Crippen molar-refractivity contribution in [2.45, 2.75) is 315 Å². The first kappa shape index (κ1) is 60.3. The molecule has 366 valence electrons. The van der Waals surface area contributed by atoms with Crippen molar-refractivity contribution < 1.29 is 24.5 Å². The molecule has 0 rings (SSSR count). The number of esters is 1. The van der Waals surface area contributed by atoms with E-state index < -0.39 is 18.2 Å². The molecule has 0 spiro atoms. The first-order chi connectivity index (χ1) is 30.5. The smallest absolute Gasteiger partial charge is 0.306 e. The summed E-state index contributed by atoms with van der Waals surface area (Å²) in [5.74, 6) is -0.487. The van der Waals surface area contributed by atoms with E-state index in [4.69, 9.17) is 4.74 Å². The van der Waals surface area contributed by atoms with Crippen molar-refractivity contribution in [2.75, 3.05) is 6.61 Å². The Kier molecular flexibility index (Phi) is 49.0. The second-order valence-electron chi connectivity index (χ2n) is 19.0. The van der Waals surface area contributed by atoms with Crippen LogP contribution in [0.25, 0.3) is 0 Å². The van der Waals surface area contributed by atoms with Crippen LogP contribution in [0, 0.1) is 0 Å². The van der Waals surface area contributed by atoms with Gasteiger partial charge < -0.3 is 20.3 Å². The third-order valence-corrected chi connectivity index (χ3v) is 12.8. The van der Waals surface area contributed by atoms with Crippen LogP contribution >= 0.6 is 0 Å². The molecule has 62 heavy (non-hydrogen) atoms. The number of unbranched alkanes of at least 4 members (excludes halogenated alkanes) is 34. The van der Waals surface area contributed by atoms with Gasteiger partial charge in [0.25, 0.3) is 0 Å². The van der Waals surface area contributed by atoms with Gasteiger partial charge >= 0.3 is 5.97 Å². The van der Waals surface area contributed by atoms with Crippen LogP contribution in [-0.2, 0) is 14.3 Å². The van der Waals surface area contributed by atoms with E-state index in [0.29, 0.717) is 19.3 Å². The van der Waals surface area contributed by atoms with Gasteiger partial charge in [0.05, 0.1) is 25.2 Å². The molecule has 0 aliphatic heterocycles. The summed E-state index contributed by atoms with van der Waals surface area (Å²) in [5, 5.41) is 23.8. The van der Waals surface area contributed by atoms with Crippen LogP contribution in [0.3, 0.4) is 0 Å². The van der Waals surface area contributed by atoms with Crippen molar-refractivity contribution in [1.29, 1.82) is 0 Å². The molecule has 0 bridgehead atoms. The van der Waals surface area contributed by atoms with Crippen LogP contribution in [0.1, 0.15) is 297 Å². The molecule has 6 nitrogen and oxygen atoms in total. The highest BCUT2D eigenvalue weighted by atomic mass is 16.5. The monoisotopic (exact) mass is 874 g/mol. The maximum Gasteiger partial charge on any atom is 0.306 e. The van der Waals surface area contributed by atoms with E-state index in [9.17, 15) is 19.8 Å². The first-order valence-electron chi connectivity index (χ1n) is 27.6. The van der Waals surface area contributed by atoms with Crippen molar-refractivity contribution in [1.82, 2.24) is 5.32 Å². The Bertz CT molecular complexity index is 981. The molecule has 0 fully saturated rings. The van der Waals surface area contributed by atoms with Gasteiger partial charge in [-0.2, -0.15) is 0 Å². The number of allylic oxidation sites excluding steroid dienone is 4. The molecule has 6 heteroatoms. The van der Waals surface area contributed by atoms with Crippen molar-refractivity contribution in [3.8, 4) is 0 Å². The van der Waals surface area contributed by atoms with E-state index in [2.05, 4.69) is 50.4 Å². The molecule has 0 heterocycles. The minimum absolute atomic E-state index is 0.0702. The van der Waals surface area contributed by atoms with Crippen LogP contribution in [0.2, 0.25) is 0 Å². The van der Waals surface area contributed by atoms with Gasteiger partial charge in [-0.05, 0) is 77.0 Å². The van der Waals surface area contributed by atoms with Gasteiger partial charge in [-0.3, -0.25) is 9.59 Å². The molecule has 0 aliphatic rings. The molecule has 3 N–H and O–H groups in total. The molecule has 0 radical (unpaired) electrons. The minimum Gasteiger partial charge on any atom is -0.462 e. The zero-order chi connectivity index (χ0) is 45.2. The Hall–Kier alpha value is -1.66. The van der Waals surface area contributed by atoms with E-state index in [1.807, 2.05) is 0 Å². The standard InChI is InChI=1S/C56H107NO5/c1-4-7-10-13-16-19-22-25-27-30-32-35-38-41-44-47-52(62-56(61)49-46-43-40-37-34-29-24-21-18-15-12-9-6-3)50-55(60)57-53(51-58)54(59)48-45-42-39-36-33-31-28-26-23-20-17-14-11-8-5-2/h25,27,29,34,52-54,58-59H,4-24,26,28,30-33,35-51H2,1-3H3,(H,57,60)/b27-25+,34-29-. The van der Waals surface area contributed by atoms with Gasteiger partial charge in [-0.15, -0.1) is 0 Å². The molecule has 0 aromatic rings. The zero-order valence-corrected chi connectivity index (χ0v) is 41.8. The SMILES string of the molecule is CCCCCCCC/C=C\CCCCCC(=O)OC(CCCCCCC/C=C/CCCCCCCC)CC(=O)NC(CO)C(O)CCCCCCCCCCCCCCCCC. The number of hydrogen-bond donors (Lipinski definition) is 3. The van der Waals surface area contributed by atoms with Crippen LogP contribution in [-0.4, -0.2) is 46.9 Å². The lowest BCUT2D eigenvalue weighted by atomic mass is 10.0. The second kappa shape index (κ2) is 50.3. The quantitative estimate of drug-likeness (QED) is 0.0321. The van der Waals surface area contributed by atoms with Gasteiger partial charge in [-0.1, -0.05) is 231 Å². The Labute approximate surface area is 386 Å². The van der Waals surface area contributed by atoms with Crippen LogP contribution in [0.15, 0.2) is 24.3 Å². The molecule has 0 aromatic carbocycles. The first-order valence-corrected chi connectivity index (χ1v) is 27.6. The predicted octanol–water partition coefficient (Wildman–Crippen LogP) is 16.7. The Morgan fingerprint density at radius 2 is 0.774 bits per heavy atom. The van der Waals surface area contributed by atoms with Crippen molar-refractivity contribution in [2.24, 2.45) is 0 Å². The van der Waals surface area contributed by atoms with Crippen molar-refractivity contribution in [3.05, 3.63) is 24.3 Å². The Morgan fingerprint density at radius 1 is 0.452 bits per heavy atom. The summed E-state index contributed by atoms with van der Waals surface area (Å²) in [6, 6.07) is -0.704. The van der Waals surface area contributed by atoms with Crippen LogP contribution in [0.5, 0.6) is 0 Å². The van der Waals surface area contributed by atoms with E-state index in [1.165, 1.54) is 186 Å². The third-order valence-electron chi connectivity index (χ3n) is 12.8. The second-order valence-corrected chi connectivity index (χ2v) is 19.0. The largest absolute Gasteiger partial charge is 0.462 e. The number of amides is 1. The summed E-state index contributed by atoms with van der Waals surface area (Å²) in [5.41, 5.74) is 0. The lowest BCUT2D eigenvalue weighted by Gasteiger charge is -2.24. The van der Waals surface area contributed by atoms with Crippen molar-refractivity contribution in [3.63, 3.8) is 0 Å². The van der Waals surface area contributed by atoms with Gasteiger partial charge in [0.2, 0.25) is 5.91 Å². The Morgan fingerprint density at radius 3 is 1.15 bits per heavy atom. The summed E-state index contributed by atoms with van der Waals surface area (Å²) < 4.78 is 5.94. The normalized spacial score (nSPS) is 13.3. The maximum absolute atomic E-state index is 13.2. The zero-order valence-electron chi connectivity index (χ0n) is 41.8. The van der Waals surface area contributed by atoms with Gasteiger partial charge in [0, 0.05) is 6.42 Å². The lowest BCUT2D eigenvalue weighted by Crippen LogP contribution is -2.46. The summed E-state index contributed by atoms with van der Waals surface area (Å²) in [7, 11) is 0. The molecule has 3 unspecified atom stereocenters. The number of nitrogens with one attached hydrogen (secondary N) is 1. The summed E-state index contributed by atoms with van der Waals surface area (Å²) in [4.78, 5) is 26.2. The molecule has 0 saturated carbocycles. The number of carbonyl (C=O) groups excluding carboxylic acids is 2. The summed E-state index contributed by atoms with van der Waals surface area (Å²) in [6.45, 7) is 6.49. The number of aliphatic hydroxyl groups excluding tert-OH is 2. The molecule has 0 saturated heterocycles. The average molecular weight is 874 g/mol. The lowest BCUT2D eigenvalue weighted by molar-refractivity contribution is -0.151.